The molecule has 1 saturated heterocycles. The molecule has 4 unspecified atom stereocenters. The van der Waals surface area contributed by atoms with Gasteiger partial charge in [-0.25, -0.2) is 0 Å². The first-order valence-electron chi connectivity index (χ1n) is 7.08. The molecule has 1 heterocycles. The summed E-state index contributed by atoms with van der Waals surface area (Å²) < 4.78 is 28.9. The first-order valence-corrected chi connectivity index (χ1v) is 8.49. The molecule has 0 amide bonds. The number of fused-ring (bicyclic) bond motifs is 1. The minimum atomic E-state index is -3.74. The molecule has 0 spiro atoms. The van der Waals surface area contributed by atoms with Gasteiger partial charge in [0.25, 0.3) is 10.1 Å². The zero-order chi connectivity index (χ0) is 14.2. The smallest absolute Gasteiger partial charge is 0.265 e. The first-order chi connectivity index (χ1) is 8.74. The van der Waals surface area contributed by atoms with Gasteiger partial charge < -0.3 is 0 Å². The molecule has 4 nitrogen and oxygen atoms in total. The van der Waals surface area contributed by atoms with Crippen molar-refractivity contribution in [2.24, 2.45) is 29.1 Å². The summed E-state index contributed by atoms with van der Waals surface area (Å²) in [7, 11) is -3.74. The molecular formula is C14H21NO3S. The summed E-state index contributed by atoms with van der Waals surface area (Å²) in [6.45, 7) is 8.62. The Bertz CT molecular complexity index is 552. The molecule has 1 aliphatic heterocycles. The van der Waals surface area contributed by atoms with Gasteiger partial charge in [0, 0.05) is 11.3 Å². The van der Waals surface area contributed by atoms with Gasteiger partial charge in [-0.3, -0.25) is 4.18 Å². The van der Waals surface area contributed by atoms with Crippen molar-refractivity contribution in [3.05, 3.63) is 0 Å². The van der Waals surface area contributed by atoms with Crippen LogP contribution in [-0.4, -0.2) is 19.3 Å². The van der Waals surface area contributed by atoms with Crippen LogP contribution in [-0.2, 0) is 14.3 Å². The van der Waals surface area contributed by atoms with Crippen LogP contribution in [0.15, 0.2) is 0 Å². The Kier molecular flexibility index (Phi) is 2.49. The van der Waals surface area contributed by atoms with Gasteiger partial charge in [-0.2, -0.15) is 13.7 Å². The van der Waals surface area contributed by atoms with Gasteiger partial charge in [0.2, 0.25) is 0 Å². The Hall–Kier alpha value is -0.600. The molecule has 0 aromatic heterocycles. The minimum Gasteiger partial charge on any atom is -0.265 e. The monoisotopic (exact) mass is 283 g/mol. The fraction of sp³-hybridized carbons (Fsp3) is 0.929. The van der Waals surface area contributed by atoms with Crippen LogP contribution in [0.2, 0.25) is 0 Å². The van der Waals surface area contributed by atoms with E-state index in [1.807, 2.05) is 0 Å². The third kappa shape index (κ3) is 1.17. The number of nitrogens with zero attached hydrogens (tertiary/aromatic N) is 1. The molecule has 3 aliphatic rings. The summed E-state index contributed by atoms with van der Waals surface area (Å²) in [4.78, 5) is 0. The van der Waals surface area contributed by atoms with Crippen LogP contribution in [0.3, 0.4) is 0 Å². The van der Waals surface area contributed by atoms with Crippen molar-refractivity contribution < 1.29 is 12.6 Å². The van der Waals surface area contributed by atoms with E-state index >= 15 is 0 Å². The van der Waals surface area contributed by atoms with Crippen LogP contribution >= 0.6 is 0 Å². The first kappa shape index (κ1) is 13.4. The normalized spacial score (nSPS) is 45.0. The zero-order valence-corrected chi connectivity index (χ0v) is 12.7. The minimum absolute atomic E-state index is 0.103. The molecule has 106 valence electrons. The van der Waals surface area contributed by atoms with E-state index in [4.69, 9.17) is 4.18 Å². The molecule has 2 bridgehead atoms. The maximum Gasteiger partial charge on any atom is 0.287 e. The Balaban J connectivity index is 2.19. The zero-order valence-electron chi connectivity index (χ0n) is 11.9. The van der Waals surface area contributed by atoms with E-state index in [0.29, 0.717) is 24.2 Å². The van der Waals surface area contributed by atoms with E-state index in [9.17, 15) is 13.7 Å². The standard InChI is InChI=1S/C14H21NO3S/c1-8(2)14(9(3)4)10-5-11-12(14)18-19(16,17)13(11,6-10)7-15/h8-12H,5-6H2,1-4H3. The van der Waals surface area contributed by atoms with Crippen LogP contribution in [0.25, 0.3) is 0 Å². The quantitative estimate of drug-likeness (QED) is 0.729. The summed E-state index contributed by atoms with van der Waals surface area (Å²) in [6.07, 6.45) is 0.993. The molecule has 3 rings (SSSR count). The lowest BCUT2D eigenvalue weighted by atomic mass is 9.57. The molecular weight excluding hydrogens is 262 g/mol. The summed E-state index contributed by atoms with van der Waals surface area (Å²) in [5, 5.41) is 9.44. The van der Waals surface area contributed by atoms with Crippen LogP contribution in [0.5, 0.6) is 0 Å². The second-order valence-corrected chi connectivity index (χ2v) is 8.85. The predicted molar refractivity (Wildman–Crippen MR) is 70.5 cm³/mol. The third-order valence-electron chi connectivity index (χ3n) is 6.12. The fourth-order valence-electron chi connectivity index (χ4n) is 5.54. The molecule has 0 radical (unpaired) electrons. The number of hydrogen-bond donors (Lipinski definition) is 0. The van der Waals surface area contributed by atoms with Gasteiger partial charge in [0.05, 0.1) is 12.2 Å². The van der Waals surface area contributed by atoms with Crippen molar-refractivity contribution >= 4 is 10.1 Å². The number of nitriles is 1. The Morgan fingerprint density at radius 3 is 2.32 bits per heavy atom. The van der Waals surface area contributed by atoms with Gasteiger partial charge in [0.1, 0.15) is 0 Å². The van der Waals surface area contributed by atoms with Crippen molar-refractivity contribution in [1.29, 1.82) is 5.26 Å². The van der Waals surface area contributed by atoms with Crippen molar-refractivity contribution in [2.75, 3.05) is 0 Å². The Morgan fingerprint density at radius 1 is 1.26 bits per heavy atom. The van der Waals surface area contributed by atoms with Gasteiger partial charge in [0.15, 0.2) is 4.75 Å². The molecule has 0 aromatic carbocycles. The highest BCUT2D eigenvalue weighted by molar-refractivity contribution is 7.88. The lowest BCUT2D eigenvalue weighted by molar-refractivity contribution is -0.0519. The van der Waals surface area contributed by atoms with E-state index in [1.165, 1.54) is 0 Å². The molecule has 5 heteroatoms. The molecule has 2 saturated carbocycles. The van der Waals surface area contributed by atoms with Crippen molar-refractivity contribution in [1.82, 2.24) is 0 Å². The average molecular weight is 283 g/mol. The van der Waals surface area contributed by atoms with E-state index in [0.717, 1.165) is 6.42 Å². The van der Waals surface area contributed by atoms with Gasteiger partial charge in [-0.15, -0.1) is 0 Å². The summed E-state index contributed by atoms with van der Waals surface area (Å²) >= 11 is 0. The van der Waals surface area contributed by atoms with Crippen LogP contribution in [0, 0.1) is 40.4 Å². The van der Waals surface area contributed by atoms with Crippen LogP contribution in [0.4, 0.5) is 0 Å². The second-order valence-electron chi connectivity index (χ2n) is 7.02. The lowest BCUT2D eigenvalue weighted by Gasteiger charge is -2.47. The summed E-state index contributed by atoms with van der Waals surface area (Å²) in [6, 6.07) is 2.09. The van der Waals surface area contributed by atoms with Crippen molar-refractivity contribution in [3.63, 3.8) is 0 Å². The molecule has 19 heavy (non-hydrogen) atoms. The van der Waals surface area contributed by atoms with Gasteiger partial charge in [-0.05, 0) is 30.6 Å². The highest BCUT2D eigenvalue weighted by atomic mass is 32.2. The van der Waals surface area contributed by atoms with E-state index in [-0.39, 0.29) is 17.4 Å². The number of rotatable bonds is 2. The van der Waals surface area contributed by atoms with Crippen LogP contribution in [0.1, 0.15) is 40.5 Å². The average Bonchev–Trinajstić information content (AvgIpc) is 2.85. The third-order valence-corrected chi connectivity index (χ3v) is 8.03. The highest BCUT2D eigenvalue weighted by Crippen LogP contribution is 2.71. The highest BCUT2D eigenvalue weighted by Gasteiger charge is 2.78. The molecule has 2 aliphatic carbocycles. The van der Waals surface area contributed by atoms with Crippen molar-refractivity contribution in [2.45, 2.75) is 51.4 Å². The topological polar surface area (TPSA) is 67.2 Å². The van der Waals surface area contributed by atoms with Crippen LogP contribution < -0.4 is 0 Å². The lowest BCUT2D eigenvalue weighted by Crippen LogP contribution is -2.51. The Labute approximate surface area is 115 Å². The van der Waals surface area contributed by atoms with E-state index in [1.54, 1.807) is 0 Å². The molecule has 4 atom stereocenters. The Morgan fingerprint density at radius 2 is 1.84 bits per heavy atom. The maximum atomic E-state index is 12.3. The molecule has 0 aromatic rings. The molecule has 3 fully saturated rings. The van der Waals surface area contributed by atoms with E-state index < -0.39 is 14.9 Å². The summed E-state index contributed by atoms with van der Waals surface area (Å²) in [5.41, 5.74) is -0.103. The maximum absolute atomic E-state index is 12.3. The fourth-order valence-corrected chi connectivity index (χ4v) is 7.39. The largest absolute Gasteiger partial charge is 0.287 e. The SMILES string of the molecule is CC(C)C1(C(C)C)C2CC3C1OS(=O)(=O)C3(C#N)C2. The van der Waals surface area contributed by atoms with E-state index in [2.05, 4.69) is 33.8 Å². The second kappa shape index (κ2) is 3.53. The number of hydrogen-bond acceptors (Lipinski definition) is 4. The predicted octanol–water partition coefficient (Wildman–Crippen LogP) is 2.32. The van der Waals surface area contributed by atoms with Crippen molar-refractivity contribution in [3.8, 4) is 6.07 Å². The molecule has 0 N–H and O–H groups in total. The van der Waals surface area contributed by atoms with Gasteiger partial charge >= 0.3 is 0 Å². The summed E-state index contributed by atoms with van der Waals surface area (Å²) in [5.74, 6) is 0.881. The van der Waals surface area contributed by atoms with Gasteiger partial charge in [-0.1, -0.05) is 27.7 Å².